The van der Waals surface area contributed by atoms with E-state index in [0.29, 0.717) is 58.5 Å². The molecule has 4 fully saturated rings. The van der Waals surface area contributed by atoms with E-state index < -0.39 is 6.04 Å². The van der Waals surface area contributed by atoms with Crippen molar-refractivity contribution in [3.05, 3.63) is 45.4 Å². The molecular formula is C36H48N6O5S. The van der Waals surface area contributed by atoms with Crippen molar-refractivity contribution in [3.63, 3.8) is 0 Å². The molecule has 12 heteroatoms. The van der Waals surface area contributed by atoms with Crippen LogP contribution in [0.5, 0.6) is 5.75 Å². The first-order valence-electron chi connectivity index (χ1n) is 17.8. The molecule has 0 radical (unpaired) electrons. The summed E-state index contributed by atoms with van der Waals surface area (Å²) in [5.74, 6) is 0.361. The van der Waals surface area contributed by atoms with Gasteiger partial charge in [-0.1, -0.05) is 18.2 Å². The summed E-state index contributed by atoms with van der Waals surface area (Å²) in [5.41, 5.74) is 1.61. The number of likely N-dealkylation sites (tertiary alicyclic amines) is 1. The number of amides is 4. The van der Waals surface area contributed by atoms with E-state index in [4.69, 9.17) is 4.98 Å². The first-order chi connectivity index (χ1) is 23.2. The maximum absolute atomic E-state index is 14.3. The van der Waals surface area contributed by atoms with Crippen molar-refractivity contribution in [2.45, 2.75) is 89.3 Å². The van der Waals surface area contributed by atoms with Gasteiger partial charge in [0.05, 0.1) is 17.1 Å². The molecule has 0 saturated carbocycles. The maximum atomic E-state index is 14.3. The second kappa shape index (κ2) is 14.2. The van der Waals surface area contributed by atoms with Crippen LogP contribution in [-0.4, -0.2) is 111 Å². The van der Waals surface area contributed by atoms with Crippen LogP contribution < -0.4 is 5.32 Å². The van der Waals surface area contributed by atoms with Crippen LogP contribution in [0.25, 0.3) is 0 Å². The van der Waals surface area contributed by atoms with E-state index in [2.05, 4.69) is 5.32 Å². The Morgan fingerprint density at radius 2 is 1.73 bits per heavy atom. The van der Waals surface area contributed by atoms with Crippen molar-refractivity contribution in [2.75, 3.05) is 45.8 Å². The van der Waals surface area contributed by atoms with Crippen molar-refractivity contribution in [2.24, 2.45) is 11.8 Å². The molecular weight excluding hydrogens is 629 g/mol. The van der Waals surface area contributed by atoms with Crippen LogP contribution in [0.15, 0.2) is 24.3 Å². The highest BCUT2D eigenvalue weighted by atomic mass is 32.1. The summed E-state index contributed by atoms with van der Waals surface area (Å²) >= 11 is 1.67. The Bertz CT molecular complexity index is 1530. The number of aromatic hydroxyl groups is 1. The number of nitrogens with zero attached hydrogens (tertiary/aromatic N) is 5. The molecule has 1 aromatic heterocycles. The van der Waals surface area contributed by atoms with Gasteiger partial charge in [0.2, 0.25) is 23.6 Å². The molecule has 6 aliphatic rings. The fourth-order valence-electron chi connectivity index (χ4n) is 8.48. The van der Waals surface area contributed by atoms with Crippen LogP contribution in [0.4, 0.5) is 0 Å². The second-order valence-corrected chi connectivity index (χ2v) is 15.7. The molecule has 48 heavy (non-hydrogen) atoms. The Morgan fingerprint density at radius 3 is 2.50 bits per heavy atom. The number of phenols is 1. The van der Waals surface area contributed by atoms with Crippen molar-refractivity contribution >= 4 is 35.0 Å². The molecule has 4 saturated heterocycles. The third kappa shape index (κ3) is 6.96. The normalized spacial score (nSPS) is 28.3. The number of benzene rings is 1. The van der Waals surface area contributed by atoms with Gasteiger partial charge in [-0.05, 0) is 63.4 Å². The van der Waals surface area contributed by atoms with E-state index in [9.17, 15) is 24.3 Å². The molecule has 2 aromatic rings. The Labute approximate surface area is 286 Å². The molecule has 0 spiro atoms. The highest BCUT2D eigenvalue weighted by Gasteiger charge is 2.44. The molecule has 6 aliphatic heterocycles. The fraction of sp³-hybridized carbons (Fsp3) is 0.639. The maximum Gasteiger partial charge on any atom is 0.245 e. The average Bonchev–Trinajstić information content (AvgIpc) is 3.86. The summed E-state index contributed by atoms with van der Waals surface area (Å²) in [5, 5.41) is 14.9. The number of fused-ring (bicyclic) bond motifs is 4. The van der Waals surface area contributed by atoms with E-state index >= 15 is 0 Å². The van der Waals surface area contributed by atoms with Gasteiger partial charge < -0.3 is 30.0 Å². The second-order valence-electron chi connectivity index (χ2n) is 14.5. The fourth-order valence-corrected chi connectivity index (χ4v) is 9.59. The zero-order valence-corrected chi connectivity index (χ0v) is 28.8. The van der Waals surface area contributed by atoms with Gasteiger partial charge in [0, 0.05) is 87.6 Å². The number of aryl methyl sites for hydroxylation is 1. The predicted molar refractivity (Wildman–Crippen MR) is 181 cm³/mol. The summed E-state index contributed by atoms with van der Waals surface area (Å²) in [4.78, 5) is 69.1. The first-order valence-corrected chi connectivity index (χ1v) is 18.7. The number of thiazole rings is 1. The van der Waals surface area contributed by atoms with Crippen LogP contribution in [-0.2, 0) is 32.1 Å². The van der Waals surface area contributed by atoms with Gasteiger partial charge in [-0.3, -0.25) is 19.2 Å². The standard InChI is InChI=1S/C36H48N6O5S/c1-23-29-19-33(45)41-15-10-25(16-32(44)39-11-4-5-12-39)27(21-41)17-34(46)42-22-28(37-20-26-6-2-3-7-31(26)43)18-30(42)36(47)40-13-8-24(9-14-40)35(38-29)48-23/h2-3,6-7,24-25,27-28,30,37,43H,4-5,8-22H2,1H3/t25-,27-,28-,30-/m0/s1. The Kier molecular flexibility index (Phi) is 9.73. The van der Waals surface area contributed by atoms with Crippen molar-refractivity contribution in [3.8, 4) is 5.75 Å². The Balaban J connectivity index is 1.15. The third-order valence-corrected chi connectivity index (χ3v) is 12.6. The summed E-state index contributed by atoms with van der Waals surface area (Å²) in [7, 11) is 0. The highest BCUT2D eigenvalue weighted by molar-refractivity contribution is 7.11. The number of rotatable bonds is 5. The van der Waals surface area contributed by atoms with E-state index in [1.54, 1.807) is 28.4 Å². The van der Waals surface area contributed by atoms with Crippen molar-refractivity contribution in [1.82, 2.24) is 29.9 Å². The molecule has 0 unspecified atom stereocenters. The van der Waals surface area contributed by atoms with Gasteiger partial charge in [-0.2, -0.15) is 0 Å². The molecule has 8 rings (SSSR count). The molecule has 1 aromatic carbocycles. The number of hydrogen-bond donors (Lipinski definition) is 2. The van der Waals surface area contributed by atoms with Gasteiger partial charge in [0.25, 0.3) is 0 Å². The van der Waals surface area contributed by atoms with Crippen LogP contribution in [0.2, 0.25) is 0 Å². The molecule has 4 amide bonds. The Hall–Kier alpha value is -3.51. The van der Waals surface area contributed by atoms with Crippen molar-refractivity contribution < 1.29 is 24.3 Å². The zero-order chi connectivity index (χ0) is 33.4. The van der Waals surface area contributed by atoms with Crippen molar-refractivity contribution in [1.29, 1.82) is 0 Å². The molecule has 258 valence electrons. The lowest BCUT2D eigenvalue weighted by Gasteiger charge is -2.40. The monoisotopic (exact) mass is 676 g/mol. The lowest BCUT2D eigenvalue weighted by atomic mass is 9.80. The van der Waals surface area contributed by atoms with E-state index in [-0.39, 0.29) is 66.0 Å². The first kappa shape index (κ1) is 33.0. The van der Waals surface area contributed by atoms with Crippen LogP contribution >= 0.6 is 11.3 Å². The summed E-state index contributed by atoms with van der Waals surface area (Å²) in [6, 6.07) is 6.51. The van der Waals surface area contributed by atoms with E-state index in [0.717, 1.165) is 59.9 Å². The predicted octanol–water partition coefficient (Wildman–Crippen LogP) is 3.05. The number of nitrogens with one attached hydrogen (secondary N) is 1. The number of carbonyl (C=O) groups excluding carboxylic acids is 4. The summed E-state index contributed by atoms with van der Waals surface area (Å²) in [6.45, 7) is 6.67. The molecule has 4 atom stereocenters. The average molecular weight is 677 g/mol. The van der Waals surface area contributed by atoms with E-state index in [1.807, 2.05) is 33.8 Å². The minimum absolute atomic E-state index is 0.00445. The van der Waals surface area contributed by atoms with Gasteiger partial charge in [0.15, 0.2) is 0 Å². The van der Waals surface area contributed by atoms with Crippen LogP contribution in [0.3, 0.4) is 0 Å². The van der Waals surface area contributed by atoms with Gasteiger partial charge >= 0.3 is 0 Å². The molecule has 2 N–H and O–H groups in total. The largest absolute Gasteiger partial charge is 0.508 e. The zero-order valence-electron chi connectivity index (χ0n) is 27.9. The number of para-hydroxylation sites is 1. The minimum Gasteiger partial charge on any atom is -0.508 e. The smallest absolute Gasteiger partial charge is 0.245 e. The SMILES string of the molecule is Cc1sc2nc1CC(=O)N1CC[C@@H](CC(=O)N3CCCC3)[C@@H](CC(=O)N3C[C@@H](NCc4ccccc4O)C[C@H]3C(=O)N3CCC2CC3)C1. The number of aromatic nitrogens is 1. The lowest BCUT2D eigenvalue weighted by Crippen LogP contribution is -2.51. The van der Waals surface area contributed by atoms with Crippen LogP contribution in [0.1, 0.15) is 78.4 Å². The quantitative estimate of drug-likeness (QED) is 0.499. The van der Waals surface area contributed by atoms with E-state index in [1.165, 1.54) is 0 Å². The number of hydrogen-bond acceptors (Lipinski definition) is 8. The summed E-state index contributed by atoms with van der Waals surface area (Å²) < 4.78 is 0. The highest BCUT2D eigenvalue weighted by Crippen LogP contribution is 2.36. The van der Waals surface area contributed by atoms with Crippen LogP contribution in [0, 0.1) is 18.8 Å². The number of carbonyl (C=O) groups is 4. The number of phenolic OH excluding ortho intramolecular Hbond substituents is 1. The van der Waals surface area contributed by atoms with Gasteiger partial charge in [-0.15, -0.1) is 11.3 Å². The summed E-state index contributed by atoms with van der Waals surface area (Å²) in [6.07, 6.45) is 5.67. The molecule has 7 heterocycles. The topological polar surface area (TPSA) is 126 Å². The Morgan fingerprint density at radius 1 is 0.979 bits per heavy atom. The lowest BCUT2D eigenvalue weighted by molar-refractivity contribution is -0.146. The van der Waals surface area contributed by atoms with Gasteiger partial charge in [-0.25, -0.2) is 4.98 Å². The van der Waals surface area contributed by atoms with Gasteiger partial charge in [0.1, 0.15) is 11.8 Å². The third-order valence-electron chi connectivity index (χ3n) is 11.4. The molecule has 6 bridgehead atoms. The molecule has 0 aliphatic carbocycles. The minimum atomic E-state index is -0.577. The number of piperidine rings is 2. The molecule has 11 nitrogen and oxygen atoms in total.